The molecule has 2 aromatic carbocycles. The Labute approximate surface area is 123 Å². The first-order chi connectivity index (χ1) is 9.26. The van der Waals surface area contributed by atoms with Gasteiger partial charge < -0.3 is 9.64 Å². The van der Waals surface area contributed by atoms with E-state index >= 15 is 0 Å². The summed E-state index contributed by atoms with van der Waals surface area (Å²) in [5, 5.41) is 0.861. The van der Waals surface area contributed by atoms with Crippen LogP contribution >= 0.6 is 15.9 Å². The molecule has 3 heteroatoms. The lowest BCUT2D eigenvalue weighted by Crippen LogP contribution is -2.18. The lowest BCUT2D eigenvalue weighted by Gasteiger charge is -2.23. The lowest BCUT2D eigenvalue weighted by molar-refractivity contribution is 0.409. The van der Waals surface area contributed by atoms with Crippen LogP contribution in [-0.4, -0.2) is 14.2 Å². The van der Waals surface area contributed by atoms with E-state index in [0.717, 1.165) is 17.6 Å². The van der Waals surface area contributed by atoms with Gasteiger partial charge in [0.2, 0.25) is 0 Å². The second-order valence-electron chi connectivity index (χ2n) is 4.43. The van der Waals surface area contributed by atoms with Gasteiger partial charge >= 0.3 is 0 Å². The number of hydrogen-bond acceptors (Lipinski definition) is 2. The van der Waals surface area contributed by atoms with Crippen LogP contribution in [0.4, 0.5) is 5.69 Å². The van der Waals surface area contributed by atoms with E-state index in [4.69, 9.17) is 4.74 Å². The zero-order valence-electron chi connectivity index (χ0n) is 11.3. The normalized spacial score (nSPS) is 10.3. The van der Waals surface area contributed by atoms with Crippen LogP contribution < -0.4 is 9.64 Å². The van der Waals surface area contributed by atoms with Gasteiger partial charge in [0.1, 0.15) is 5.75 Å². The van der Waals surface area contributed by atoms with Crippen LogP contribution in [0.1, 0.15) is 11.1 Å². The number of rotatable bonds is 5. The molecule has 2 nitrogen and oxygen atoms in total. The standard InChI is InChI=1S/C16H18BrNO/c1-18(15-9-5-3-7-13(15)11-17)12-14-8-4-6-10-16(14)19-2/h3-10H,11-12H2,1-2H3. The number of halogens is 1. The van der Waals surface area contributed by atoms with Gasteiger partial charge in [-0.05, 0) is 17.7 Å². The van der Waals surface area contributed by atoms with Gasteiger partial charge in [-0.1, -0.05) is 52.3 Å². The minimum Gasteiger partial charge on any atom is -0.496 e. The van der Waals surface area contributed by atoms with Crippen LogP contribution in [0.5, 0.6) is 5.75 Å². The van der Waals surface area contributed by atoms with Crippen molar-refractivity contribution in [1.82, 2.24) is 0 Å². The molecular weight excluding hydrogens is 302 g/mol. The monoisotopic (exact) mass is 319 g/mol. The molecule has 2 aromatic rings. The number of hydrogen-bond donors (Lipinski definition) is 0. The molecule has 0 saturated carbocycles. The lowest BCUT2D eigenvalue weighted by atomic mass is 10.1. The molecule has 0 bridgehead atoms. The average Bonchev–Trinajstić information content (AvgIpc) is 2.47. The number of methoxy groups -OCH3 is 1. The molecule has 0 amide bonds. The minimum absolute atomic E-state index is 0.827. The van der Waals surface area contributed by atoms with Crippen LogP contribution in [0.15, 0.2) is 48.5 Å². The van der Waals surface area contributed by atoms with Crippen LogP contribution in [0.2, 0.25) is 0 Å². The average molecular weight is 320 g/mol. The largest absolute Gasteiger partial charge is 0.496 e. The van der Waals surface area contributed by atoms with Crippen LogP contribution in [-0.2, 0) is 11.9 Å². The number of alkyl halides is 1. The van der Waals surface area contributed by atoms with Crippen LogP contribution in [0, 0.1) is 0 Å². The SMILES string of the molecule is COc1ccccc1CN(C)c1ccccc1CBr. The first-order valence-corrected chi connectivity index (χ1v) is 7.35. The van der Waals surface area contributed by atoms with E-state index in [1.165, 1.54) is 16.8 Å². The molecule has 0 heterocycles. The van der Waals surface area contributed by atoms with Gasteiger partial charge in [-0.15, -0.1) is 0 Å². The third-order valence-electron chi connectivity index (χ3n) is 3.15. The summed E-state index contributed by atoms with van der Waals surface area (Å²) in [4.78, 5) is 2.24. The molecule has 2 rings (SSSR count). The molecular formula is C16H18BrNO. The number of anilines is 1. The first-order valence-electron chi connectivity index (χ1n) is 6.23. The molecule has 19 heavy (non-hydrogen) atoms. The zero-order valence-corrected chi connectivity index (χ0v) is 12.9. The number of nitrogens with zero attached hydrogens (tertiary/aromatic N) is 1. The summed E-state index contributed by atoms with van der Waals surface area (Å²) in [6, 6.07) is 16.6. The summed E-state index contributed by atoms with van der Waals surface area (Å²) in [6.07, 6.45) is 0. The van der Waals surface area contributed by atoms with E-state index in [0.29, 0.717) is 0 Å². The van der Waals surface area contributed by atoms with E-state index in [2.05, 4.69) is 58.2 Å². The number of para-hydroxylation sites is 2. The highest BCUT2D eigenvalue weighted by atomic mass is 79.9. The Morgan fingerprint density at radius 2 is 1.63 bits per heavy atom. The van der Waals surface area contributed by atoms with Crippen molar-refractivity contribution in [3.05, 3.63) is 59.7 Å². The molecule has 0 spiro atoms. The van der Waals surface area contributed by atoms with E-state index < -0.39 is 0 Å². The maximum absolute atomic E-state index is 5.40. The molecule has 0 radical (unpaired) electrons. The van der Waals surface area contributed by atoms with Crippen molar-refractivity contribution < 1.29 is 4.74 Å². The first kappa shape index (κ1) is 13.9. The highest BCUT2D eigenvalue weighted by molar-refractivity contribution is 9.08. The molecule has 0 aliphatic rings. The van der Waals surface area contributed by atoms with Gasteiger partial charge in [-0.3, -0.25) is 0 Å². The molecule has 0 saturated heterocycles. The van der Waals surface area contributed by atoms with Crippen molar-refractivity contribution >= 4 is 21.6 Å². The third kappa shape index (κ3) is 3.29. The highest BCUT2D eigenvalue weighted by Crippen LogP contribution is 2.25. The Morgan fingerprint density at radius 3 is 2.32 bits per heavy atom. The van der Waals surface area contributed by atoms with E-state index in [9.17, 15) is 0 Å². The zero-order chi connectivity index (χ0) is 13.7. The fourth-order valence-corrected chi connectivity index (χ4v) is 2.64. The second kappa shape index (κ2) is 6.62. The predicted octanol–water partition coefficient (Wildman–Crippen LogP) is 4.23. The minimum atomic E-state index is 0.827. The molecule has 0 aromatic heterocycles. The smallest absolute Gasteiger partial charge is 0.123 e. The van der Waals surface area contributed by atoms with Crippen molar-refractivity contribution in [2.24, 2.45) is 0 Å². The predicted molar refractivity (Wildman–Crippen MR) is 84.2 cm³/mol. The molecule has 0 fully saturated rings. The van der Waals surface area contributed by atoms with Gasteiger partial charge in [-0.2, -0.15) is 0 Å². The van der Waals surface area contributed by atoms with Crippen molar-refractivity contribution in [2.75, 3.05) is 19.1 Å². The maximum atomic E-state index is 5.40. The van der Waals surface area contributed by atoms with E-state index in [1.54, 1.807) is 7.11 Å². The van der Waals surface area contributed by atoms with Crippen molar-refractivity contribution in [3.63, 3.8) is 0 Å². The number of benzene rings is 2. The summed E-state index contributed by atoms with van der Waals surface area (Å²) >= 11 is 3.54. The fraction of sp³-hybridized carbons (Fsp3) is 0.250. The van der Waals surface area contributed by atoms with Gasteiger partial charge in [0.15, 0.2) is 0 Å². The maximum Gasteiger partial charge on any atom is 0.123 e. The Hall–Kier alpha value is -1.48. The fourth-order valence-electron chi connectivity index (χ4n) is 2.17. The van der Waals surface area contributed by atoms with Crippen LogP contribution in [0.25, 0.3) is 0 Å². The summed E-state index contributed by atoms with van der Waals surface area (Å²) in [6.45, 7) is 0.827. The Bertz CT molecular complexity index is 542. The second-order valence-corrected chi connectivity index (χ2v) is 4.99. The van der Waals surface area contributed by atoms with E-state index in [-0.39, 0.29) is 0 Å². The van der Waals surface area contributed by atoms with Gasteiger partial charge in [0.05, 0.1) is 7.11 Å². The Balaban J connectivity index is 2.23. The molecule has 0 unspecified atom stereocenters. The number of ether oxygens (including phenoxy) is 1. The van der Waals surface area contributed by atoms with E-state index in [1.807, 2.05) is 18.2 Å². The third-order valence-corrected chi connectivity index (χ3v) is 3.75. The summed E-state index contributed by atoms with van der Waals surface area (Å²) < 4.78 is 5.40. The Kier molecular flexibility index (Phi) is 4.86. The van der Waals surface area contributed by atoms with Crippen molar-refractivity contribution in [2.45, 2.75) is 11.9 Å². The van der Waals surface area contributed by atoms with Crippen molar-refractivity contribution in [3.8, 4) is 5.75 Å². The van der Waals surface area contributed by atoms with Gasteiger partial charge in [-0.25, -0.2) is 0 Å². The molecule has 0 aliphatic carbocycles. The molecule has 0 atom stereocenters. The van der Waals surface area contributed by atoms with Crippen molar-refractivity contribution in [1.29, 1.82) is 0 Å². The topological polar surface area (TPSA) is 12.5 Å². The molecule has 0 aliphatic heterocycles. The Morgan fingerprint density at radius 1 is 1.00 bits per heavy atom. The summed E-state index contributed by atoms with van der Waals surface area (Å²) in [5.41, 5.74) is 3.72. The summed E-state index contributed by atoms with van der Waals surface area (Å²) in [5.74, 6) is 0.936. The highest BCUT2D eigenvalue weighted by Gasteiger charge is 2.09. The molecule has 100 valence electrons. The summed E-state index contributed by atoms with van der Waals surface area (Å²) in [7, 11) is 3.82. The molecule has 0 N–H and O–H groups in total. The van der Waals surface area contributed by atoms with Gasteiger partial charge in [0.25, 0.3) is 0 Å². The van der Waals surface area contributed by atoms with Crippen LogP contribution in [0.3, 0.4) is 0 Å². The van der Waals surface area contributed by atoms with Gasteiger partial charge in [0, 0.05) is 30.2 Å². The quantitative estimate of drug-likeness (QED) is 0.765.